The summed E-state index contributed by atoms with van der Waals surface area (Å²) in [4.78, 5) is 16.2. The Morgan fingerprint density at radius 1 is 1.56 bits per heavy atom. The molecule has 0 spiro atoms. The van der Waals surface area contributed by atoms with Crippen molar-refractivity contribution in [1.29, 1.82) is 0 Å². The van der Waals surface area contributed by atoms with Gasteiger partial charge >= 0.3 is 0 Å². The first kappa shape index (κ1) is 12.4. The predicted molar refractivity (Wildman–Crippen MR) is 72.2 cm³/mol. The molecular formula is C13H18N4O. The van der Waals surface area contributed by atoms with E-state index in [1.165, 1.54) is 0 Å². The van der Waals surface area contributed by atoms with Crippen LogP contribution in [-0.2, 0) is 4.79 Å². The fourth-order valence-electron chi connectivity index (χ4n) is 1.88. The number of anilines is 1. The van der Waals surface area contributed by atoms with E-state index >= 15 is 0 Å². The molecule has 0 aliphatic rings. The molecule has 0 saturated heterocycles. The second-order valence-electron chi connectivity index (χ2n) is 4.37. The van der Waals surface area contributed by atoms with Crippen LogP contribution in [0, 0.1) is 0 Å². The SMILES string of the molecule is CCCNC(=O)C(C)n1cnc2cc(N)ccc21. The van der Waals surface area contributed by atoms with Crippen molar-refractivity contribution < 1.29 is 4.79 Å². The first-order chi connectivity index (χ1) is 8.63. The highest BCUT2D eigenvalue weighted by molar-refractivity contribution is 5.84. The van der Waals surface area contributed by atoms with Gasteiger partial charge in [0.25, 0.3) is 0 Å². The van der Waals surface area contributed by atoms with Gasteiger partial charge in [0.05, 0.1) is 17.4 Å². The summed E-state index contributed by atoms with van der Waals surface area (Å²) in [5, 5.41) is 2.88. The van der Waals surface area contributed by atoms with Gasteiger partial charge in [-0.1, -0.05) is 6.92 Å². The van der Waals surface area contributed by atoms with Crippen molar-refractivity contribution in [3.8, 4) is 0 Å². The Morgan fingerprint density at radius 3 is 3.06 bits per heavy atom. The Morgan fingerprint density at radius 2 is 2.33 bits per heavy atom. The number of hydrogen-bond donors (Lipinski definition) is 2. The molecule has 1 heterocycles. The van der Waals surface area contributed by atoms with Crippen LogP contribution >= 0.6 is 0 Å². The minimum Gasteiger partial charge on any atom is -0.399 e. The fourth-order valence-corrected chi connectivity index (χ4v) is 1.88. The minimum atomic E-state index is -0.273. The van der Waals surface area contributed by atoms with Crippen molar-refractivity contribution in [3.63, 3.8) is 0 Å². The molecule has 2 aromatic rings. The number of benzene rings is 1. The molecule has 2 rings (SSSR count). The monoisotopic (exact) mass is 246 g/mol. The molecule has 3 N–H and O–H groups in total. The number of imidazole rings is 1. The lowest BCUT2D eigenvalue weighted by Gasteiger charge is -2.14. The third-order valence-corrected chi connectivity index (χ3v) is 2.94. The molecule has 1 unspecified atom stereocenters. The van der Waals surface area contributed by atoms with Crippen LogP contribution in [0.4, 0.5) is 5.69 Å². The van der Waals surface area contributed by atoms with Crippen LogP contribution in [0.1, 0.15) is 26.3 Å². The van der Waals surface area contributed by atoms with Gasteiger partial charge in [0.15, 0.2) is 0 Å². The number of fused-ring (bicyclic) bond motifs is 1. The van der Waals surface area contributed by atoms with Gasteiger partial charge in [-0.2, -0.15) is 0 Å². The van der Waals surface area contributed by atoms with E-state index in [0.29, 0.717) is 12.2 Å². The van der Waals surface area contributed by atoms with Crippen LogP contribution in [0.2, 0.25) is 0 Å². The van der Waals surface area contributed by atoms with Crippen molar-refractivity contribution in [3.05, 3.63) is 24.5 Å². The molecule has 1 aromatic heterocycles. The second-order valence-corrected chi connectivity index (χ2v) is 4.37. The molecule has 0 aliphatic carbocycles. The summed E-state index contributed by atoms with van der Waals surface area (Å²) in [6, 6.07) is 5.24. The maximum absolute atomic E-state index is 11.9. The van der Waals surface area contributed by atoms with Gasteiger partial charge in [0, 0.05) is 12.2 Å². The number of rotatable bonds is 4. The van der Waals surface area contributed by atoms with Gasteiger partial charge in [-0.15, -0.1) is 0 Å². The lowest BCUT2D eigenvalue weighted by atomic mass is 10.2. The van der Waals surface area contributed by atoms with Crippen LogP contribution in [0.15, 0.2) is 24.5 Å². The van der Waals surface area contributed by atoms with E-state index in [4.69, 9.17) is 5.73 Å². The minimum absolute atomic E-state index is 0.00738. The topological polar surface area (TPSA) is 72.9 Å². The molecule has 0 fully saturated rings. The summed E-state index contributed by atoms with van der Waals surface area (Å²) in [6.45, 7) is 4.59. The number of nitrogens with two attached hydrogens (primary N) is 1. The summed E-state index contributed by atoms with van der Waals surface area (Å²) in [7, 11) is 0. The van der Waals surface area contributed by atoms with Crippen LogP contribution in [-0.4, -0.2) is 22.0 Å². The highest BCUT2D eigenvalue weighted by atomic mass is 16.2. The number of nitrogens with one attached hydrogen (secondary N) is 1. The van der Waals surface area contributed by atoms with Crippen LogP contribution in [0.3, 0.4) is 0 Å². The average molecular weight is 246 g/mol. The zero-order valence-corrected chi connectivity index (χ0v) is 10.7. The smallest absolute Gasteiger partial charge is 0.242 e. The van der Waals surface area contributed by atoms with Crippen molar-refractivity contribution in [2.24, 2.45) is 0 Å². The predicted octanol–water partition coefficient (Wildman–Crippen LogP) is 1.71. The quantitative estimate of drug-likeness (QED) is 0.806. The Hall–Kier alpha value is -2.04. The molecule has 0 saturated carbocycles. The summed E-state index contributed by atoms with van der Waals surface area (Å²) < 4.78 is 1.86. The lowest BCUT2D eigenvalue weighted by Crippen LogP contribution is -2.31. The molecule has 0 bridgehead atoms. The van der Waals surface area contributed by atoms with E-state index in [1.807, 2.05) is 36.6 Å². The normalized spacial score (nSPS) is 12.6. The third kappa shape index (κ3) is 2.30. The van der Waals surface area contributed by atoms with Crippen LogP contribution in [0.5, 0.6) is 0 Å². The Bertz CT molecular complexity index is 561. The summed E-state index contributed by atoms with van der Waals surface area (Å²) in [5.41, 5.74) is 8.11. The molecule has 5 nitrogen and oxygen atoms in total. The molecule has 0 radical (unpaired) electrons. The standard InChI is InChI=1S/C13H18N4O/c1-3-6-15-13(18)9(2)17-8-16-11-7-10(14)4-5-12(11)17/h4-5,7-9H,3,6,14H2,1-2H3,(H,15,18). The highest BCUT2D eigenvalue weighted by Crippen LogP contribution is 2.19. The Balaban J connectivity index is 2.28. The number of nitrogens with zero attached hydrogens (tertiary/aromatic N) is 2. The van der Waals surface area contributed by atoms with E-state index < -0.39 is 0 Å². The fraction of sp³-hybridized carbons (Fsp3) is 0.385. The average Bonchev–Trinajstić information content (AvgIpc) is 2.77. The van der Waals surface area contributed by atoms with Gasteiger partial charge in [-0.05, 0) is 31.5 Å². The highest BCUT2D eigenvalue weighted by Gasteiger charge is 2.16. The Kier molecular flexibility index (Phi) is 3.50. The van der Waals surface area contributed by atoms with E-state index in [2.05, 4.69) is 10.3 Å². The molecule has 1 amide bonds. The summed E-state index contributed by atoms with van der Waals surface area (Å²) in [5.74, 6) is 0.00738. The molecule has 1 atom stereocenters. The van der Waals surface area contributed by atoms with Crippen molar-refractivity contribution in [1.82, 2.24) is 14.9 Å². The number of hydrogen-bond acceptors (Lipinski definition) is 3. The number of amides is 1. The summed E-state index contributed by atoms with van der Waals surface area (Å²) in [6.07, 6.45) is 2.61. The van der Waals surface area contributed by atoms with Gasteiger partial charge in [0.2, 0.25) is 5.91 Å². The Labute approximate surface area is 106 Å². The van der Waals surface area contributed by atoms with Crippen molar-refractivity contribution >= 4 is 22.6 Å². The third-order valence-electron chi connectivity index (χ3n) is 2.94. The first-order valence-corrected chi connectivity index (χ1v) is 6.13. The summed E-state index contributed by atoms with van der Waals surface area (Å²) >= 11 is 0. The maximum Gasteiger partial charge on any atom is 0.242 e. The van der Waals surface area contributed by atoms with Crippen LogP contribution < -0.4 is 11.1 Å². The van der Waals surface area contributed by atoms with Gasteiger partial charge in [-0.25, -0.2) is 4.98 Å². The molecular weight excluding hydrogens is 228 g/mol. The zero-order valence-electron chi connectivity index (χ0n) is 10.7. The first-order valence-electron chi connectivity index (χ1n) is 6.13. The number of carbonyl (C=O) groups is 1. The van der Waals surface area contributed by atoms with E-state index in [1.54, 1.807) is 6.33 Å². The second kappa shape index (κ2) is 5.08. The molecule has 5 heteroatoms. The maximum atomic E-state index is 11.9. The number of carbonyl (C=O) groups excluding carboxylic acids is 1. The van der Waals surface area contributed by atoms with Gasteiger partial charge in [-0.3, -0.25) is 4.79 Å². The van der Waals surface area contributed by atoms with Crippen molar-refractivity contribution in [2.45, 2.75) is 26.3 Å². The zero-order chi connectivity index (χ0) is 13.1. The van der Waals surface area contributed by atoms with Crippen molar-refractivity contribution in [2.75, 3.05) is 12.3 Å². The molecule has 18 heavy (non-hydrogen) atoms. The van der Waals surface area contributed by atoms with E-state index in [0.717, 1.165) is 17.5 Å². The van der Waals surface area contributed by atoms with E-state index in [-0.39, 0.29) is 11.9 Å². The van der Waals surface area contributed by atoms with E-state index in [9.17, 15) is 4.79 Å². The van der Waals surface area contributed by atoms with Gasteiger partial charge < -0.3 is 15.6 Å². The number of nitrogen functional groups attached to an aromatic ring is 1. The molecule has 0 aliphatic heterocycles. The largest absolute Gasteiger partial charge is 0.399 e. The number of aromatic nitrogens is 2. The molecule has 1 aromatic carbocycles. The van der Waals surface area contributed by atoms with Crippen LogP contribution in [0.25, 0.3) is 11.0 Å². The van der Waals surface area contributed by atoms with Gasteiger partial charge in [0.1, 0.15) is 6.04 Å². The lowest BCUT2D eigenvalue weighted by molar-refractivity contribution is -0.123. The molecule has 96 valence electrons.